The molecular formula is C12H25N. The Morgan fingerprint density at radius 2 is 1.54 bits per heavy atom. The van der Waals surface area contributed by atoms with Crippen LogP contribution in [-0.4, -0.2) is 24.5 Å². The first-order chi connectivity index (χ1) is 5.76. The summed E-state index contributed by atoms with van der Waals surface area (Å²) in [7, 11) is 2.23. The van der Waals surface area contributed by atoms with Gasteiger partial charge in [0.25, 0.3) is 0 Å². The lowest BCUT2D eigenvalue weighted by Gasteiger charge is -2.25. The van der Waals surface area contributed by atoms with Crippen LogP contribution in [0, 0.1) is 16.7 Å². The lowest BCUT2D eigenvalue weighted by Crippen LogP contribution is -2.32. The van der Waals surface area contributed by atoms with Crippen molar-refractivity contribution in [2.24, 2.45) is 16.7 Å². The molecule has 1 nitrogen and oxygen atoms in total. The van der Waals surface area contributed by atoms with Crippen molar-refractivity contribution in [2.75, 3.05) is 13.6 Å². The van der Waals surface area contributed by atoms with Gasteiger partial charge in [-0.15, -0.1) is 0 Å². The fourth-order valence-corrected chi connectivity index (χ4v) is 3.00. The summed E-state index contributed by atoms with van der Waals surface area (Å²) < 4.78 is 0. The highest BCUT2D eigenvalue weighted by atomic mass is 15.1. The van der Waals surface area contributed by atoms with E-state index < -0.39 is 0 Å². The fourth-order valence-electron chi connectivity index (χ4n) is 3.00. The summed E-state index contributed by atoms with van der Waals surface area (Å²) in [5.74, 6) is 0.852. The SMILES string of the molecule is CCN(C)C(C)C1C(C)(C)C1(C)C. The van der Waals surface area contributed by atoms with Gasteiger partial charge in [-0.25, -0.2) is 0 Å². The van der Waals surface area contributed by atoms with E-state index in [9.17, 15) is 0 Å². The molecule has 13 heavy (non-hydrogen) atoms. The third-order valence-electron chi connectivity index (χ3n) is 4.81. The van der Waals surface area contributed by atoms with Gasteiger partial charge in [0.1, 0.15) is 0 Å². The second-order valence-corrected chi connectivity index (χ2v) is 5.73. The molecule has 0 N–H and O–H groups in total. The Kier molecular flexibility index (Phi) is 2.53. The van der Waals surface area contributed by atoms with Gasteiger partial charge in [0, 0.05) is 6.04 Å². The molecule has 0 radical (unpaired) electrons. The first-order valence-corrected chi connectivity index (χ1v) is 5.47. The van der Waals surface area contributed by atoms with Crippen molar-refractivity contribution in [3.8, 4) is 0 Å². The minimum Gasteiger partial charge on any atom is -0.304 e. The molecule has 1 atom stereocenters. The molecule has 1 aliphatic rings. The lowest BCUT2D eigenvalue weighted by atomic mass is 10.0. The number of hydrogen-bond acceptors (Lipinski definition) is 1. The fraction of sp³-hybridized carbons (Fsp3) is 1.00. The third kappa shape index (κ3) is 1.41. The van der Waals surface area contributed by atoms with Gasteiger partial charge in [-0.05, 0) is 37.3 Å². The third-order valence-corrected chi connectivity index (χ3v) is 4.81. The lowest BCUT2D eigenvalue weighted by molar-refractivity contribution is 0.221. The van der Waals surface area contributed by atoms with E-state index in [4.69, 9.17) is 0 Å². The predicted molar refractivity (Wildman–Crippen MR) is 58.8 cm³/mol. The normalized spacial score (nSPS) is 27.7. The smallest absolute Gasteiger partial charge is 0.0103 e. The second-order valence-electron chi connectivity index (χ2n) is 5.73. The number of nitrogens with zero attached hydrogens (tertiary/aromatic N) is 1. The Hall–Kier alpha value is -0.0400. The first kappa shape index (κ1) is 11.0. The summed E-state index contributed by atoms with van der Waals surface area (Å²) >= 11 is 0. The summed E-state index contributed by atoms with van der Waals surface area (Å²) in [5.41, 5.74) is 1.05. The number of rotatable bonds is 3. The van der Waals surface area contributed by atoms with Crippen molar-refractivity contribution >= 4 is 0 Å². The highest BCUT2D eigenvalue weighted by molar-refractivity contribution is 5.15. The average molecular weight is 183 g/mol. The van der Waals surface area contributed by atoms with Gasteiger partial charge in [-0.2, -0.15) is 0 Å². The molecule has 0 saturated heterocycles. The van der Waals surface area contributed by atoms with Crippen LogP contribution in [0.3, 0.4) is 0 Å². The van der Waals surface area contributed by atoms with Crippen LogP contribution >= 0.6 is 0 Å². The second kappa shape index (κ2) is 2.98. The first-order valence-electron chi connectivity index (χ1n) is 5.47. The topological polar surface area (TPSA) is 3.24 Å². The van der Waals surface area contributed by atoms with Gasteiger partial charge < -0.3 is 4.90 Å². The van der Waals surface area contributed by atoms with Crippen molar-refractivity contribution in [2.45, 2.75) is 47.6 Å². The maximum atomic E-state index is 2.46. The quantitative estimate of drug-likeness (QED) is 0.650. The molecule has 0 amide bonds. The van der Waals surface area contributed by atoms with Crippen molar-refractivity contribution in [3.63, 3.8) is 0 Å². The minimum absolute atomic E-state index is 0.524. The van der Waals surface area contributed by atoms with Gasteiger partial charge in [0.15, 0.2) is 0 Å². The van der Waals surface area contributed by atoms with Crippen LogP contribution in [-0.2, 0) is 0 Å². The van der Waals surface area contributed by atoms with Crippen LogP contribution in [0.2, 0.25) is 0 Å². The van der Waals surface area contributed by atoms with Crippen molar-refractivity contribution in [1.82, 2.24) is 4.90 Å². The molecule has 0 heterocycles. The maximum Gasteiger partial charge on any atom is 0.0103 e. The number of hydrogen-bond donors (Lipinski definition) is 0. The van der Waals surface area contributed by atoms with Crippen LogP contribution in [0.15, 0.2) is 0 Å². The average Bonchev–Trinajstić information content (AvgIpc) is 2.41. The zero-order valence-electron chi connectivity index (χ0n) is 10.3. The highest BCUT2D eigenvalue weighted by Gasteiger charge is 2.66. The molecule has 0 spiro atoms. The highest BCUT2D eigenvalue weighted by Crippen LogP contribution is 2.70. The van der Waals surface area contributed by atoms with Crippen LogP contribution in [0.25, 0.3) is 0 Å². The summed E-state index contributed by atoms with van der Waals surface area (Å²) in [6.07, 6.45) is 0. The van der Waals surface area contributed by atoms with Crippen LogP contribution in [0.5, 0.6) is 0 Å². The maximum absolute atomic E-state index is 2.46. The summed E-state index contributed by atoms with van der Waals surface area (Å²) in [6.45, 7) is 15.4. The van der Waals surface area contributed by atoms with Crippen LogP contribution in [0.4, 0.5) is 0 Å². The van der Waals surface area contributed by atoms with E-state index in [0.717, 1.165) is 18.5 Å². The van der Waals surface area contributed by atoms with Crippen molar-refractivity contribution in [1.29, 1.82) is 0 Å². The molecule has 0 aromatic rings. The van der Waals surface area contributed by atoms with Gasteiger partial charge >= 0.3 is 0 Å². The van der Waals surface area contributed by atoms with Crippen molar-refractivity contribution < 1.29 is 0 Å². The summed E-state index contributed by atoms with van der Waals surface area (Å²) in [4.78, 5) is 2.46. The van der Waals surface area contributed by atoms with Crippen LogP contribution in [0.1, 0.15) is 41.5 Å². The zero-order valence-corrected chi connectivity index (χ0v) is 10.3. The van der Waals surface area contributed by atoms with E-state index >= 15 is 0 Å². The molecule has 1 heteroatoms. The summed E-state index contributed by atoms with van der Waals surface area (Å²) in [5, 5.41) is 0. The van der Waals surface area contributed by atoms with Crippen LogP contribution < -0.4 is 0 Å². The molecule has 1 rings (SSSR count). The molecule has 1 saturated carbocycles. The van der Waals surface area contributed by atoms with Gasteiger partial charge in [-0.1, -0.05) is 34.6 Å². The van der Waals surface area contributed by atoms with E-state index in [1.165, 1.54) is 0 Å². The Bertz CT molecular complexity index is 179. The van der Waals surface area contributed by atoms with E-state index in [1.807, 2.05) is 0 Å². The molecule has 1 fully saturated rings. The molecule has 1 unspecified atom stereocenters. The molecule has 0 aliphatic heterocycles. The predicted octanol–water partition coefficient (Wildman–Crippen LogP) is 3.01. The molecule has 0 aromatic carbocycles. The Morgan fingerprint density at radius 1 is 1.15 bits per heavy atom. The van der Waals surface area contributed by atoms with E-state index in [2.05, 4.69) is 53.5 Å². The Morgan fingerprint density at radius 3 is 1.77 bits per heavy atom. The van der Waals surface area contributed by atoms with E-state index in [1.54, 1.807) is 0 Å². The molecular weight excluding hydrogens is 158 g/mol. The Labute approximate surface area is 83.5 Å². The molecule has 0 aromatic heterocycles. The zero-order chi connectivity index (χ0) is 10.4. The summed E-state index contributed by atoms with van der Waals surface area (Å²) in [6, 6.07) is 0.718. The van der Waals surface area contributed by atoms with Gasteiger partial charge in [0.2, 0.25) is 0 Å². The molecule has 0 bridgehead atoms. The molecule has 78 valence electrons. The van der Waals surface area contributed by atoms with E-state index in [-0.39, 0.29) is 0 Å². The largest absolute Gasteiger partial charge is 0.304 e. The monoisotopic (exact) mass is 183 g/mol. The van der Waals surface area contributed by atoms with E-state index in [0.29, 0.717) is 10.8 Å². The van der Waals surface area contributed by atoms with Gasteiger partial charge in [0.05, 0.1) is 0 Å². The standard InChI is InChI=1S/C12H25N/c1-8-13(7)9(2)10-11(3,4)12(10,5)6/h9-10H,8H2,1-7H3. The van der Waals surface area contributed by atoms with Gasteiger partial charge in [-0.3, -0.25) is 0 Å². The molecule has 1 aliphatic carbocycles. The Balaban J connectivity index is 2.67. The minimum atomic E-state index is 0.524. The van der Waals surface area contributed by atoms with Crippen molar-refractivity contribution in [3.05, 3.63) is 0 Å².